The first kappa shape index (κ1) is 24.1. The molecular weight excluding hydrogens is 524 g/mol. The van der Waals surface area contributed by atoms with E-state index in [4.69, 9.17) is 9.97 Å². The van der Waals surface area contributed by atoms with Crippen LogP contribution in [0, 0.1) is 11.3 Å². The van der Waals surface area contributed by atoms with Gasteiger partial charge >= 0.3 is 0 Å². The number of rotatable bonds is 3. The molecule has 0 amide bonds. The summed E-state index contributed by atoms with van der Waals surface area (Å²) in [6.45, 7) is 2.35. The average molecular weight is 551 g/mol. The highest BCUT2D eigenvalue weighted by molar-refractivity contribution is 6.08. The van der Waals surface area contributed by atoms with Gasteiger partial charge in [-0.1, -0.05) is 116 Å². The minimum Gasteiger partial charge on any atom is -0.354 e. The van der Waals surface area contributed by atoms with Crippen molar-refractivity contribution < 1.29 is 0 Å². The zero-order chi connectivity index (χ0) is 28.8. The van der Waals surface area contributed by atoms with Crippen LogP contribution < -0.4 is 0 Å². The molecule has 2 aliphatic rings. The maximum absolute atomic E-state index is 10.7. The third-order valence-corrected chi connectivity index (χ3v) is 9.81. The van der Waals surface area contributed by atoms with E-state index in [1.807, 2.05) is 36.4 Å². The molecule has 4 nitrogen and oxygen atoms in total. The van der Waals surface area contributed by atoms with E-state index < -0.39 is 5.41 Å². The molecule has 5 aromatic carbocycles. The minimum absolute atomic E-state index is 0.138. The number of para-hydroxylation sites is 1. The first-order valence-electron chi connectivity index (χ1n) is 14.7. The van der Waals surface area contributed by atoms with Gasteiger partial charge in [0.2, 0.25) is 0 Å². The van der Waals surface area contributed by atoms with E-state index in [-0.39, 0.29) is 5.41 Å². The summed E-state index contributed by atoms with van der Waals surface area (Å²) >= 11 is 0. The number of nitrogens with one attached hydrogen (secondary N) is 1. The van der Waals surface area contributed by atoms with Crippen LogP contribution >= 0.6 is 0 Å². The van der Waals surface area contributed by atoms with Crippen LogP contribution in [-0.2, 0) is 10.8 Å². The molecule has 0 saturated heterocycles. The number of nitriles is 1. The molecule has 9 rings (SSSR count). The Morgan fingerprint density at radius 2 is 1.21 bits per heavy atom. The van der Waals surface area contributed by atoms with Gasteiger partial charge < -0.3 is 4.98 Å². The maximum atomic E-state index is 10.7. The number of H-pyrrole nitrogens is 1. The predicted octanol–water partition coefficient (Wildman–Crippen LogP) is 8.67. The highest BCUT2D eigenvalue weighted by Gasteiger charge is 2.61. The van der Waals surface area contributed by atoms with Crippen LogP contribution in [0.2, 0.25) is 0 Å². The van der Waals surface area contributed by atoms with Crippen molar-refractivity contribution in [1.82, 2.24) is 15.0 Å². The van der Waals surface area contributed by atoms with Gasteiger partial charge in [-0.15, -0.1) is 0 Å². The Labute approximate surface area is 249 Å². The van der Waals surface area contributed by atoms with Crippen molar-refractivity contribution in [2.24, 2.45) is 0 Å². The molecule has 7 aromatic rings. The molecule has 2 bridgehead atoms. The minimum atomic E-state index is -0.514. The average Bonchev–Trinajstić information content (AvgIpc) is 3.67. The van der Waals surface area contributed by atoms with Crippen molar-refractivity contribution in [3.8, 4) is 28.6 Å². The first-order valence-corrected chi connectivity index (χ1v) is 14.7. The third kappa shape index (κ3) is 3.09. The molecular formula is C39H26N4. The van der Waals surface area contributed by atoms with Gasteiger partial charge in [0.15, 0.2) is 0 Å². The van der Waals surface area contributed by atoms with Crippen LogP contribution in [-0.4, -0.2) is 15.0 Å². The topological polar surface area (TPSA) is 65.4 Å². The lowest BCUT2D eigenvalue weighted by molar-refractivity contribution is 0.515. The molecule has 1 N–H and O–H groups in total. The molecule has 0 aliphatic heterocycles. The lowest BCUT2D eigenvalue weighted by Gasteiger charge is -2.32. The van der Waals surface area contributed by atoms with Gasteiger partial charge in [-0.25, -0.2) is 9.97 Å². The summed E-state index contributed by atoms with van der Waals surface area (Å²) in [6.07, 6.45) is 0.860. The van der Waals surface area contributed by atoms with Crippen LogP contribution in [0.5, 0.6) is 0 Å². The second-order valence-corrected chi connectivity index (χ2v) is 12.0. The summed E-state index contributed by atoms with van der Waals surface area (Å²) in [5.74, 6) is 0.748. The summed E-state index contributed by atoms with van der Waals surface area (Å²) in [4.78, 5) is 14.3. The number of hydrogen-bond acceptors (Lipinski definition) is 3. The molecule has 43 heavy (non-hydrogen) atoms. The smallest absolute Gasteiger partial charge is 0.144 e. The lowest BCUT2D eigenvalue weighted by Crippen LogP contribution is -2.29. The van der Waals surface area contributed by atoms with Crippen molar-refractivity contribution >= 4 is 21.8 Å². The Balaban J connectivity index is 1.37. The van der Waals surface area contributed by atoms with E-state index >= 15 is 0 Å². The summed E-state index contributed by atoms with van der Waals surface area (Å²) in [5.41, 5.74) is 10.3. The van der Waals surface area contributed by atoms with Gasteiger partial charge in [-0.3, -0.25) is 0 Å². The summed E-state index contributed by atoms with van der Waals surface area (Å²) in [5, 5.41) is 13.0. The highest BCUT2D eigenvalue weighted by atomic mass is 14.9. The zero-order valence-corrected chi connectivity index (χ0v) is 23.6. The molecule has 202 valence electrons. The molecule has 0 saturated carbocycles. The second kappa shape index (κ2) is 8.50. The monoisotopic (exact) mass is 550 g/mol. The second-order valence-electron chi connectivity index (χ2n) is 12.0. The van der Waals surface area contributed by atoms with Crippen LogP contribution in [0.15, 0.2) is 121 Å². The number of hydrogen-bond donors (Lipinski definition) is 1. The van der Waals surface area contributed by atoms with Crippen LogP contribution in [0.4, 0.5) is 0 Å². The Kier molecular flexibility index (Phi) is 4.77. The number of aromatic nitrogens is 3. The van der Waals surface area contributed by atoms with Crippen LogP contribution in [0.3, 0.4) is 0 Å². The third-order valence-electron chi connectivity index (χ3n) is 9.81. The van der Waals surface area contributed by atoms with Crippen molar-refractivity contribution in [3.63, 3.8) is 0 Å². The molecule has 0 fully saturated rings. The molecule has 4 heteroatoms. The highest BCUT2D eigenvalue weighted by Crippen LogP contribution is 2.65. The quantitative estimate of drug-likeness (QED) is 0.239. The van der Waals surface area contributed by atoms with E-state index in [1.54, 1.807) is 0 Å². The van der Waals surface area contributed by atoms with Gasteiger partial charge in [0.1, 0.15) is 17.5 Å². The Morgan fingerprint density at radius 3 is 1.91 bits per heavy atom. The van der Waals surface area contributed by atoms with E-state index in [2.05, 4.69) is 103 Å². The van der Waals surface area contributed by atoms with Crippen molar-refractivity contribution in [1.29, 1.82) is 5.26 Å². The van der Waals surface area contributed by atoms with Crippen molar-refractivity contribution in [3.05, 3.63) is 155 Å². The fourth-order valence-corrected chi connectivity index (χ4v) is 7.97. The summed E-state index contributed by atoms with van der Waals surface area (Å²) in [6, 6.07) is 44.8. The maximum Gasteiger partial charge on any atom is 0.144 e. The lowest BCUT2D eigenvalue weighted by atomic mass is 9.72. The number of nitrogens with zero attached hydrogens (tertiary/aromatic N) is 3. The van der Waals surface area contributed by atoms with Crippen molar-refractivity contribution in [2.75, 3.05) is 0 Å². The zero-order valence-electron chi connectivity index (χ0n) is 23.6. The molecule has 0 unspecified atom stereocenters. The Hall–Kier alpha value is -5.53. The first-order chi connectivity index (χ1) is 21.1. The normalized spacial score (nSPS) is 19.8. The fourth-order valence-electron chi connectivity index (χ4n) is 7.97. The van der Waals surface area contributed by atoms with Gasteiger partial charge in [-0.2, -0.15) is 5.26 Å². The van der Waals surface area contributed by atoms with Crippen LogP contribution in [0.25, 0.3) is 44.3 Å². The van der Waals surface area contributed by atoms with E-state index in [9.17, 15) is 5.26 Å². The molecule has 2 heterocycles. The van der Waals surface area contributed by atoms with Crippen molar-refractivity contribution in [2.45, 2.75) is 24.2 Å². The SMILES string of the molecule is CC12CC(c3nc(-c4ccccc4)c(C#N)c(-c4ccc5c(c4)[nH]c4ccccc45)n3)(c3ccccc31)c1ccccc12. The van der Waals surface area contributed by atoms with E-state index in [0.717, 1.165) is 39.8 Å². The largest absolute Gasteiger partial charge is 0.354 e. The summed E-state index contributed by atoms with van der Waals surface area (Å²) < 4.78 is 0. The number of fused-ring (bicyclic) bond motifs is 11. The molecule has 0 atom stereocenters. The van der Waals surface area contributed by atoms with Gasteiger partial charge in [0.25, 0.3) is 0 Å². The van der Waals surface area contributed by atoms with Gasteiger partial charge in [0.05, 0.1) is 16.8 Å². The van der Waals surface area contributed by atoms with Crippen LogP contribution in [0.1, 0.15) is 47.0 Å². The van der Waals surface area contributed by atoms with E-state index in [1.165, 1.54) is 27.6 Å². The molecule has 2 aliphatic carbocycles. The number of benzene rings is 5. The molecule has 0 radical (unpaired) electrons. The number of aromatic amines is 1. The van der Waals surface area contributed by atoms with Gasteiger partial charge in [-0.05, 0) is 40.8 Å². The predicted molar refractivity (Wildman–Crippen MR) is 171 cm³/mol. The van der Waals surface area contributed by atoms with E-state index in [0.29, 0.717) is 17.0 Å². The summed E-state index contributed by atoms with van der Waals surface area (Å²) in [7, 11) is 0. The fraction of sp³-hybridized carbons (Fsp3) is 0.103. The Bertz CT molecular complexity index is 2260. The molecule has 2 aromatic heterocycles. The van der Waals surface area contributed by atoms with Gasteiger partial charge in [0, 0.05) is 38.3 Å². The standard InChI is InChI=1S/C39H26N4/c1-38-23-39(31-16-8-6-14-29(31)38,32-17-9-7-15-30(32)38)37-42-35(24-11-3-2-4-12-24)28(22-40)36(43-37)25-19-20-27-26-13-5-10-18-33(26)41-34(27)21-25/h2-21,41H,23H2,1H3. The molecule has 0 spiro atoms. The Morgan fingerprint density at radius 1 is 0.628 bits per heavy atom.